The summed E-state index contributed by atoms with van der Waals surface area (Å²) in [7, 11) is 1.53. The molecule has 2 unspecified atom stereocenters. The first kappa shape index (κ1) is 17.2. The number of hydrogen-bond donors (Lipinski definition) is 1. The molecule has 3 rings (SSSR count). The predicted molar refractivity (Wildman–Crippen MR) is 89.9 cm³/mol. The Hall–Kier alpha value is -0.650. The SMILES string of the molecule is COC(=O)[C@@H]1CC2[NH2+]CN(C(C)C)C2CN1CC1CCCCC1. The van der Waals surface area contributed by atoms with Gasteiger partial charge in [0.15, 0.2) is 0 Å². The van der Waals surface area contributed by atoms with Gasteiger partial charge in [-0.05, 0) is 32.6 Å². The van der Waals surface area contributed by atoms with Crippen molar-refractivity contribution in [3.8, 4) is 0 Å². The second-order valence-electron chi connectivity index (χ2n) is 7.99. The highest BCUT2D eigenvalue weighted by Crippen LogP contribution is 2.29. The van der Waals surface area contributed by atoms with Gasteiger partial charge in [0.25, 0.3) is 0 Å². The first-order valence-corrected chi connectivity index (χ1v) is 9.51. The molecule has 0 aromatic carbocycles. The van der Waals surface area contributed by atoms with E-state index in [4.69, 9.17) is 4.74 Å². The topological polar surface area (TPSA) is 49.4 Å². The van der Waals surface area contributed by atoms with Crippen LogP contribution < -0.4 is 5.32 Å². The number of rotatable bonds is 4. The number of methoxy groups -OCH3 is 1. The lowest BCUT2D eigenvalue weighted by Crippen LogP contribution is -2.89. The molecule has 2 N–H and O–H groups in total. The van der Waals surface area contributed by atoms with Gasteiger partial charge in [-0.25, -0.2) is 4.90 Å². The van der Waals surface area contributed by atoms with Gasteiger partial charge in [-0.1, -0.05) is 19.3 Å². The third-order valence-electron chi connectivity index (χ3n) is 6.25. The molecule has 23 heavy (non-hydrogen) atoms. The lowest BCUT2D eigenvalue weighted by molar-refractivity contribution is -0.678. The van der Waals surface area contributed by atoms with Gasteiger partial charge in [0.05, 0.1) is 13.2 Å². The molecule has 2 heterocycles. The second kappa shape index (κ2) is 7.49. The summed E-state index contributed by atoms with van der Waals surface area (Å²) in [4.78, 5) is 17.4. The number of nitrogens with zero attached hydrogens (tertiary/aromatic N) is 2. The number of hydrogen-bond acceptors (Lipinski definition) is 4. The molecule has 0 radical (unpaired) electrons. The highest BCUT2D eigenvalue weighted by molar-refractivity contribution is 5.75. The van der Waals surface area contributed by atoms with Crippen LogP contribution in [0.4, 0.5) is 0 Å². The van der Waals surface area contributed by atoms with Crippen molar-refractivity contribution in [1.29, 1.82) is 0 Å². The fourth-order valence-electron chi connectivity index (χ4n) is 4.94. The maximum absolute atomic E-state index is 12.3. The van der Waals surface area contributed by atoms with Crippen molar-refractivity contribution in [3.63, 3.8) is 0 Å². The number of carbonyl (C=O) groups excluding carboxylic acids is 1. The largest absolute Gasteiger partial charge is 0.468 e. The highest BCUT2D eigenvalue weighted by Gasteiger charge is 2.48. The van der Waals surface area contributed by atoms with Gasteiger partial charge >= 0.3 is 5.97 Å². The second-order valence-corrected chi connectivity index (χ2v) is 7.99. The third-order valence-corrected chi connectivity index (χ3v) is 6.25. The average Bonchev–Trinajstić information content (AvgIpc) is 2.97. The van der Waals surface area contributed by atoms with E-state index in [0.29, 0.717) is 18.1 Å². The minimum Gasteiger partial charge on any atom is -0.468 e. The van der Waals surface area contributed by atoms with E-state index in [2.05, 4.69) is 29.0 Å². The molecule has 3 atom stereocenters. The molecule has 1 aliphatic carbocycles. The smallest absolute Gasteiger partial charge is 0.323 e. The summed E-state index contributed by atoms with van der Waals surface area (Å²) in [6, 6.07) is 1.67. The van der Waals surface area contributed by atoms with Crippen LogP contribution in [0.2, 0.25) is 0 Å². The van der Waals surface area contributed by atoms with Crippen molar-refractivity contribution in [3.05, 3.63) is 0 Å². The molecular weight excluding hydrogens is 290 g/mol. The summed E-state index contributed by atoms with van der Waals surface area (Å²) in [5.41, 5.74) is 0. The summed E-state index contributed by atoms with van der Waals surface area (Å²) in [5, 5.41) is 2.43. The number of fused-ring (bicyclic) bond motifs is 1. The lowest BCUT2D eigenvalue weighted by Gasteiger charge is -2.42. The number of quaternary nitrogens is 1. The Morgan fingerprint density at radius 2 is 2.00 bits per heavy atom. The molecule has 2 aliphatic heterocycles. The molecule has 3 aliphatic rings. The molecule has 5 nitrogen and oxygen atoms in total. The van der Waals surface area contributed by atoms with Gasteiger partial charge in [0.2, 0.25) is 0 Å². The van der Waals surface area contributed by atoms with Crippen LogP contribution in [-0.2, 0) is 9.53 Å². The maximum Gasteiger partial charge on any atom is 0.323 e. The minimum absolute atomic E-state index is 0.0318. The summed E-state index contributed by atoms with van der Waals surface area (Å²) in [6.45, 7) is 7.74. The number of likely N-dealkylation sites (tertiary alicyclic amines) is 1. The zero-order valence-electron chi connectivity index (χ0n) is 15.0. The first-order chi connectivity index (χ1) is 11.1. The molecule has 132 valence electrons. The Kier molecular flexibility index (Phi) is 5.60. The molecule has 0 aromatic heterocycles. The molecule has 2 saturated heterocycles. The van der Waals surface area contributed by atoms with Gasteiger partial charge in [0, 0.05) is 25.6 Å². The molecule has 0 bridgehead atoms. The predicted octanol–water partition coefficient (Wildman–Crippen LogP) is 0.796. The summed E-state index contributed by atoms with van der Waals surface area (Å²) < 4.78 is 5.12. The molecule has 0 aromatic rings. The van der Waals surface area contributed by atoms with Crippen LogP contribution in [0.15, 0.2) is 0 Å². The van der Waals surface area contributed by atoms with Crippen molar-refractivity contribution in [2.24, 2.45) is 5.92 Å². The molecule has 1 saturated carbocycles. The van der Waals surface area contributed by atoms with Crippen molar-refractivity contribution in [2.45, 2.75) is 76.5 Å². The fraction of sp³-hybridized carbons (Fsp3) is 0.944. The van der Waals surface area contributed by atoms with Crippen LogP contribution in [0.25, 0.3) is 0 Å². The van der Waals surface area contributed by atoms with Crippen molar-refractivity contribution in [2.75, 3.05) is 26.9 Å². The van der Waals surface area contributed by atoms with Crippen molar-refractivity contribution >= 4 is 5.97 Å². The Labute approximate surface area is 140 Å². The zero-order chi connectivity index (χ0) is 16.4. The minimum atomic E-state index is -0.0356. The molecule has 5 heteroatoms. The molecular formula is C18H34N3O2+. The monoisotopic (exact) mass is 324 g/mol. The van der Waals surface area contributed by atoms with Crippen molar-refractivity contribution < 1.29 is 14.8 Å². The van der Waals surface area contributed by atoms with Gasteiger partial charge in [-0.15, -0.1) is 0 Å². The van der Waals surface area contributed by atoms with Crippen LogP contribution in [0.3, 0.4) is 0 Å². The summed E-state index contributed by atoms with van der Waals surface area (Å²) in [6.07, 6.45) is 7.71. The summed E-state index contributed by atoms with van der Waals surface area (Å²) in [5.74, 6) is 0.737. The summed E-state index contributed by atoms with van der Waals surface area (Å²) >= 11 is 0. The standard InChI is InChI=1S/C18H33N3O2/c1-13(2)21-12-19-15-9-16(18(22)23-3)20(11-17(15)21)10-14-7-5-4-6-8-14/h13-17,19H,4-12H2,1-3H3/p+1/t15?,16-,17?/m0/s1. The van der Waals surface area contributed by atoms with E-state index < -0.39 is 0 Å². The Balaban J connectivity index is 1.70. The van der Waals surface area contributed by atoms with Gasteiger partial charge in [-0.2, -0.15) is 0 Å². The Morgan fingerprint density at radius 1 is 1.26 bits per heavy atom. The van der Waals surface area contributed by atoms with E-state index in [-0.39, 0.29) is 12.0 Å². The number of carbonyl (C=O) groups is 1. The van der Waals surface area contributed by atoms with Gasteiger partial charge < -0.3 is 10.1 Å². The van der Waals surface area contributed by atoms with Crippen LogP contribution in [-0.4, -0.2) is 66.8 Å². The number of piperidine rings is 1. The Bertz CT molecular complexity index is 409. The van der Waals surface area contributed by atoms with Crippen LogP contribution >= 0.6 is 0 Å². The quantitative estimate of drug-likeness (QED) is 0.777. The van der Waals surface area contributed by atoms with Crippen LogP contribution in [0.5, 0.6) is 0 Å². The van der Waals surface area contributed by atoms with E-state index >= 15 is 0 Å². The van der Waals surface area contributed by atoms with E-state index in [1.165, 1.54) is 39.2 Å². The maximum atomic E-state index is 12.3. The van der Waals surface area contributed by atoms with Crippen LogP contribution in [0, 0.1) is 5.92 Å². The number of nitrogens with two attached hydrogens (primary N) is 1. The first-order valence-electron chi connectivity index (χ1n) is 9.51. The molecule has 0 amide bonds. The number of ether oxygens (including phenoxy) is 1. The fourth-order valence-corrected chi connectivity index (χ4v) is 4.94. The lowest BCUT2D eigenvalue weighted by atomic mass is 9.86. The normalized spacial score (nSPS) is 33.8. The molecule has 0 spiro atoms. The Morgan fingerprint density at radius 3 is 2.65 bits per heavy atom. The van der Waals surface area contributed by atoms with E-state index in [0.717, 1.165) is 32.1 Å². The zero-order valence-corrected chi connectivity index (χ0v) is 15.0. The molecule has 3 fully saturated rings. The third kappa shape index (κ3) is 3.72. The van der Waals surface area contributed by atoms with Gasteiger partial charge in [0.1, 0.15) is 18.8 Å². The van der Waals surface area contributed by atoms with Crippen molar-refractivity contribution in [1.82, 2.24) is 9.80 Å². The highest BCUT2D eigenvalue weighted by atomic mass is 16.5. The van der Waals surface area contributed by atoms with E-state index in [1.54, 1.807) is 0 Å². The number of esters is 1. The van der Waals surface area contributed by atoms with Crippen LogP contribution in [0.1, 0.15) is 52.4 Å². The average molecular weight is 324 g/mol. The van der Waals surface area contributed by atoms with E-state index in [9.17, 15) is 4.79 Å². The van der Waals surface area contributed by atoms with E-state index in [1.807, 2.05) is 0 Å². The van der Waals surface area contributed by atoms with Gasteiger partial charge in [-0.3, -0.25) is 9.69 Å².